The molecule has 0 radical (unpaired) electrons. The fourth-order valence-electron chi connectivity index (χ4n) is 1.21. The van der Waals surface area contributed by atoms with Crippen LogP contribution in [0.1, 0.15) is 26.2 Å². The monoisotopic (exact) mass is 211 g/mol. The van der Waals surface area contributed by atoms with Crippen molar-refractivity contribution in [1.29, 1.82) is 0 Å². The van der Waals surface area contributed by atoms with E-state index in [9.17, 15) is 4.79 Å². The predicted octanol–water partition coefficient (Wildman–Crippen LogP) is 3.52. The minimum absolute atomic E-state index is 0.546. The Labute approximate surface area is 90.2 Å². The van der Waals surface area contributed by atoms with Crippen LogP contribution in [0.15, 0.2) is 29.3 Å². The van der Waals surface area contributed by atoms with Crippen LogP contribution in [-0.2, 0) is 4.79 Å². The normalized spacial score (nSPS) is 11.5. The van der Waals surface area contributed by atoms with Crippen LogP contribution >= 0.6 is 11.8 Å². The van der Waals surface area contributed by atoms with Crippen LogP contribution in [0.2, 0.25) is 0 Å². The topological polar surface area (TPSA) is 29.4 Å². The third kappa shape index (κ3) is 6.70. The molecule has 0 aromatic rings. The number of allylic oxidation sites excluding steroid dienone is 1. The number of rotatable bonds is 8. The third-order valence-corrected chi connectivity index (χ3v) is 2.92. The highest BCUT2D eigenvalue weighted by atomic mass is 32.2. The number of carbonyl (C=O) groups excluding carboxylic acids is 1. The highest BCUT2D eigenvalue weighted by Crippen LogP contribution is 2.23. The van der Waals surface area contributed by atoms with Gasteiger partial charge in [0.25, 0.3) is 0 Å². The molecule has 2 nitrogen and oxygen atoms in total. The fraction of sp³-hybridized carbons (Fsp3) is 0.545. The van der Waals surface area contributed by atoms with E-state index in [0.717, 1.165) is 12.2 Å². The zero-order chi connectivity index (χ0) is 10.8. The van der Waals surface area contributed by atoms with Crippen LogP contribution in [0, 0.1) is 5.92 Å². The van der Waals surface area contributed by atoms with Gasteiger partial charge in [-0.05, 0) is 18.8 Å². The van der Waals surface area contributed by atoms with Crippen molar-refractivity contribution in [2.75, 3.05) is 5.75 Å². The highest BCUT2D eigenvalue weighted by Gasteiger charge is 2.06. The van der Waals surface area contributed by atoms with Crippen LogP contribution < -0.4 is 0 Å². The van der Waals surface area contributed by atoms with E-state index in [1.54, 1.807) is 0 Å². The van der Waals surface area contributed by atoms with E-state index in [1.807, 2.05) is 6.08 Å². The Bertz CT molecular complexity index is 231. The summed E-state index contributed by atoms with van der Waals surface area (Å²) in [5, 5.41) is 0.546. The van der Waals surface area contributed by atoms with Gasteiger partial charge >= 0.3 is 0 Å². The summed E-state index contributed by atoms with van der Waals surface area (Å²) in [4.78, 5) is 13.4. The summed E-state index contributed by atoms with van der Waals surface area (Å²) in [6.07, 6.45) is 6.79. The molecule has 0 aromatic carbocycles. The first-order chi connectivity index (χ1) is 6.74. The van der Waals surface area contributed by atoms with E-state index < -0.39 is 0 Å². The SMILES string of the molecule is C=CCC(CCC)CSC(=C)N=C=O. The number of aliphatic imine (C=N–C) groups is 1. The molecule has 0 heterocycles. The molecule has 0 fully saturated rings. The van der Waals surface area contributed by atoms with Gasteiger partial charge in [-0.2, -0.15) is 4.99 Å². The van der Waals surface area contributed by atoms with Crippen molar-refractivity contribution in [1.82, 2.24) is 0 Å². The van der Waals surface area contributed by atoms with E-state index in [4.69, 9.17) is 0 Å². The van der Waals surface area contributed by atoms with E-state index in [0.29, 0.717) is 10.9 Å². The predicted molar refractivity (Wildman–Crippen MR) is 62.9 cm³/mol. The van der Waals surface area contributed by atoms with Gasteiger partial charge in [-0.25, -0.2) is 4.79 Å². The van der Waals surface area contributed by atoms with Crippen LogP contribution in [-0.4, -0.2) is 11.8 Å². The molecule has 0 aliphatic heterocycles. The Balaban J connectivity index is 3.85. The second-order valence-corrected chi connectivity index (χ2v) is 4.18. The lowest BCUT2D eigenvalue weighted by Gasteiger charge is -2.12. The molecule has 0 bridgehead atoms. The first kappa shape index (κ1) is 13.2. The number of hydrogen-bond donors (Lipinski definition) is 0. The zero-order valence-electron chi connectivity index (χ0n) is 8.66. The number of isocyanates is 1. The van der Waals surface area contributed by atoms with Crippen LogP contribution in [0.3, 0.4) is 0 Å². The van der Waals surface area contributed by atoms with Gasteiger partial charge in [0.05, 0.1) is 0 Å². The Morgan fingerprint density at radius 3 is 2.93 bits per heavy atom. The summed E-state index contributed by atoms with van der Waals surface area (Å²) in [5.41, 5.74) is 0. The molecule has 0 aliphatic carbocycles. The van der Waals surface area contributed by atoms with Crippen molar-refractivity contribution in [3.8, 4) is 0 Å². The standard InChI is InChI=1S/C11H17NOS/c1-4-6-11(7-5-2)8-14-10(3)12-9-13/h4,11H,1,3,5-8H2,2H3. The fourth-order valence-corrected chi connectivity index (χ4v) is 2.04. The molecule has 0 aromatic heterocycles. The van der Waals surface area contributed by atoms with Gasteiger partial charge in [-0.15, -0.1) is 18.3 Å². The second kappa shape index (κ2) is 8.79. The Hall–Kier alpha value is -0.790. The van der Waals surface area contributed by atoms with Gasteiger partial charge in [0.2, 0.25) is 6.08 Å². The number of thioether (sulfide) groups is 1. The Morgan fingerprint density at radius 2 is 2.43 bits per heavy atom. The molecule has 1 unspecified atom stereocenters. The maximum absolute atomic E-state index is 9.93. The van der Waals surface area contributed by atoms with Gasteiger partial charge in [0.1, 0.15) is 5.03 Å². The molecule has 0 aliphatic rings. The van der Waals surface area contributed by atoms with E-state index in [1.165, 1.54) is 30.7 Å². The van der Waals surface area contributed by atoms with Crippen molar-refractivity contribution < 1.29 is 4.79 Å². The van der Waals surface area contributed by atoms with Gasteiger partial charge in [-0.3, -0.25) is 0 Å². The van der Waals surface area contributed by atoms with E-state index in [2.05, 4.69) is 25.1 Å². The van der Waals surface area contributed by atoms with Crippen LogP contribution in [0.4, 0.5) is 0 Å². The summed E-state index contributed by atoms with van der Waals surface area (Å²) in [6, 6.07) is 0. The van der Waals surface area contributed by atoms with Crippen LogP contribution in [0.5, 0.6) is 0 Å². The third-order valence-electron chi connectivity index (χ3n) is 1.85. The molecule has 0 saturated heterocycles. The van der Waals surface area contributed by atoms with Crippen molar-refractivity contribution in [3.63, 3.8) is 0 Å². The summed E-state index contributed by atoms with van der Waals surface area (Å²) in [7, 11) is 0. The lowest BCUT2D eigenvalue weighted by atomic mass is 10.0. The van der Waals surface area contributed by atoms with E-state index >= 15 is 0 Å². The zero-order valence-corrected chi connectivity index (χ0v) is 9.48. The van der Waals surface area contributed by atoms with Gasteiger partial charge < -0.3 is 0 Å². The maximum Gasteiger partial charge on any atom is 0.241 e. The molecule has 0 saturated carbocycles. The van der Waals surface area contributed by atoms with Crippen molar-refractivity contribution >= 4 is 17.8 Å². The second-order valence-electron chi connectivity index (χ2n) is 3.09. The Morgan fingerprint density at radius 1 is 1.71 bits per heavy atom. The number of hydrogen-bond acceptors (Lipinski definition) is 3. The summed E-state index contributed by atoms with van der Waals surface area (Å²) in [5.74, 6) is 1.56. The number of nitrogens with zero attached hydrogens (tertiary/aromatic N) is 1. The molecular formula is C11H17NOS. The quantitative estimate of drug-likeness (QED) is 0.349. The molecule has 0 amide bonds. The largest absolute Gasteiger partial charge is 0.241 e. The van der Waals surface area contributed by atoms with Crippen molar-refractivity contribution in [3.05, 3.63) is 24.3 Å². The summed E-state index contributed by atoms with van der Waals surface area (Å²) >= 11 is 1.52. The highest BCUT2D eigenvalue weighted by molar-refractivity contribution is 8.03. The molecule has 0 spiro atoms. The lowest BCUT2D eigenvalue weighted by molar-refractivity contribution is 0.541. The van der Waals surface area contributed by atoms with Gasteiger partial charge in [0, 0.05) is 5.75 Å². The molecule has 3 heteroatoms. The van der Waals surface area contributed by atoms with Gasteiger partial charge in [0.15, 0.2) is 0 Å². The molecular weight excluding hydrogens is 194 g/mol. The van der Waals surface area contributed by atoms with Crippen LogP contribution in [0.25, 0.3) is 0 Å². The molecule has 0 rings (SSSR count). The average Bonchev–Trinajstić information content (AvgIpc) is 2.15. The van der Waals surface area contributed by atoms with Gasteiger partial charge in [-0.1, -0.05) is 26.0 Å². The van der Waals surface area contributed by atoms with Crippen molar-refractivity contribution in [2.45, 2.75) is 26.2 Å². The molecule has 14 heavy (non-hydrogen) atoms. The Kier molecular flexibility index (Phi) is 8.30. The van der Waals surface area contributed by atoms with E-state index in [-0.39, 0.29) is 0 Å². The smallest absolute Gasteiger partial charge is 0.211 e. The molecule has 1 atom stereocenters. The summed E-state index contributed by atoms with van der Waals surface area (Å²) in [6.45, 7) is 9.54. The first-order valence-corrected chi connectivity index (χ1v) is 5.73. The summed E-state index contributed by atoms with van der Waals surface area (Å²) < 4.78 is 0. The molecule has 78 valence electrons. The first-order valence-electron chi connectivity index (χ1n) is 4.75. The lowest BCUT2D eigenvalue weighted by Crippen LogP contribution is -2.01. The minimum Gasteiger partial charge on any atom is -0.211 e. The average molecular weight is 211 g/mol. The minimum atomic E-state index is 0.546. The van der Waals surface area contributed by atoms with Crippen molar-refractivity contribution in [2.24, 2.45) is 10.9 Å². The molecule has 0 N–H and O–H groups in total. The maximum atomic E-state index is 9.93.